The Morgan fingerprint density at radius 2 is 1.93 bits per heavy atom. The van der Waals surface area contributed by atoms with Gasteiger partial charge in [-0.1, -0.05) is 45.0 Å². The van der Waals surface area contributed by atoms with Crippen molar-refractivity contribution in [3.63, 3.8) is 0 Å². The summed E-state index contributed by atoms with van der Waals surface area (Å²) in [6, 6.07) is 10.3. The highest BCUT2D eigenvalue weighted by molar-refractivity contribution is 6.06. The van der Waals surface area contributed by atoms with Crippen LogP contribution in [0.2, 0.25) is 0 Å². The Balaban J connectivity index is 1.17. The number of aromatic nitrogens is 2. The van der Waals surface area contributed by atoms with Gasteiger partial charge in [0.25, 0.3) is 0 Å². The third kappa shape index (κ3) is 4.32. The van der Waals surface area contributed by atoms with Crippen LogP contribution in [0.15, 0.2) is 41.5 Å². The first kappa shape index (κ1) is 26.2. The van der Waals surface area contributed by atoms with Gasteiger partial charge < -0.3 is 14.8 Å². The smallest absolute Gasteiger partial charge is 0.235 e. The van der Waals surface area contributed by atoms with E-state index < -0.39 is 5.41 Å². The van der Waals surface area contributed by atoms with Crippen LogP contribution in [0.5, 0.6) is 0 Å². The predicted octanol–water partition coefficient (Wildman–Crippen LogP) is 5.30. The van der Waals surface area contributed by atoms with Crippen molar-refractivity contribution in [2.75, 3.05) is 18.4 Å². The van der Waals surface area contributed by atoms with Crippen LogP contribution in [0.25, 0.3) is 0 Å². The number of aliphatic imine (C=N–C) groups is 1. The van der Waals surface area contributed by atoms with Gasteiger partial charge in [0.2, 0.25) is 11.8 Å². The molecule has 41 heavy (non-hydrogen) atoms. The number of nitrogens with zero attached hydrogens (tertiary/aromatic N) is 4. The molecule has 0 radical (unpaired) electrons. The molecule has 3 aromatic rings. The molecule has 7 rings (SSSR count). The summed E-state index contributed by atoms with van der Waals surface area (Å²) >= 11 is 0. The van der Waals surface area contributed by atoms with E-state index in [2.05, 4.69) is 54.7 Å². The number of amides is 2. The van der Waals surface area contributed by atoms with E-state index in [1.165, 1.54) is 33.5 Å². The number of piperidine rings is 1. The average Bonchev–Trinajstić information content (AvgIpc) is 3.61. The minimum atomic E-state index is -0.522. The van der Waals surface area contributed by atoms with Gasteiger partial charge in [-0.3, -0.25) is 14.6 Å². The molecule has 0 aliphatic carbocycles. The Morgan fingerprint density at radius 1 is 1.15 bits per heavy atom. The molecule has 4 aliphatic rings. The van der Waals surface area contributed by atoms with E-state index in [-0.39, 0.29) is 23.1 Å². The van der Waals surface area contributed by atoms with Gasteiger partial charge in [0.05, 0.1) is 12.0 Å². The summed E-state index contributed by atoms with van der Waals surface area (Å²) in [5.74, 6) is 1.25. The molecule has 0 unspecified atom stereocenters. The van der Waals surface area contributed by atoms with E-state index >= 15 is 0 Å². The number of nitrogens with one attached hydrogen (secondary N) is 1. The van der Waals surface area contributed by atoms with Crippen molar-refractivity contribution in [3.05, 3.63) is 81.4 Å². The Hall–Kier alpha value is -3.74. The minimum Gasteiger partial charge on any atom is -0.343 e. The van der Waals surface area contributed by atoms with Gasteiger partial charge in [0, 0.05) is 61.3 Å². The second-order valence-electron chi connectivity index (χ2n) is 13.7. The number of para-hydroxylation sites is 1. The number of benzene rings is 2. The summed E-state index contributed by atoms with van der Waals surface area (Å²) in [4.78, 5) is 38.5. The first-order valence-electron chi connectivity index (χ1n) is 15.0. The maximum Gasteiger partial charge on any atom is 0.235 e. The molecule has 2 aromatic carbocycles. The van der Waals surface area contributed by atoms with Crippen LogP contribution in [-0.2, 0) is 40.9 Å². The number of aryl methyl sites for hydroxylation is 1. The molecule has 5 heterocycles. The first-order valence-corrected chi connectivity index (χ1v) is 15.0. The maximum atomic E-state index is 13.9. The van der Waals surface area contributed by atoms with Crippen LogP contribution in [0, 0.1) is 12.3 Å². The Labute approximate surface area is 242 Å². The number of hydrogen-bond acceptors (Lipinski definition) is 4. The van der Waals surface area contributed by atoms with Crippen LogP contribution in [-0.4, -0.2) is 45.6 Å². The summed E-state index contributed by atoms with van der Waals surface area (Å²) in [6.45, 7) is 11.7. The van der Waals surface area contributed by atoms with Crippen molar-refractivity contribution >= 4 is 23.7 Å². The Bertz CT molecular complexity index is 1600. The molecule has 7 heteroatoms. The van der Waals surface area contributed by atoms with E-state index in [1.54, 1.807) is 0 Å². The molecule has 1 spiro atoms. The molecule has 1 saturated heterocycles. The third-order valence-electron chi connectivity index (χ3n) is 9.72. The van der Waals surface area contributed by atoms with Gasteiger partial charge in [-0.2, -0.15) is 0 Å². The second kappa shape index (κ2) is 9.40. The number of hydrogen-bond donors (Lipinski definition) is 1. The standard InChI is InChI=1S/C34H39N5O2/c1-21-13-22-14-23(15-30(40)38-11-9-34(10-12-38)28-7-5-6-8-29(28)37-32(34)41)31-36-17-24(16-33(2,3)4)39(31)20-27(22)26-19-35-18-25(21)26/h5-8,13,17,19,23H,9-12,14-16,18,20H2,1-4H3,(H,37,41)/t23-/m0/s1. The van der Waals surface area contributed by atoms with Crippen molar-refractivity contribution in [1.29, 1.82) is 0 Å². The highest BCUT2D eigenvalue weighted by Crippen LogP contribution is 2.45. The molecule has 2 amide bonds. The van der Waals surface area contributed by atoms with Gasteiger partial charge >= 0.3 is 0 Å². The summed E-state index contributed by atoms with van der Waals surface area (Å²) in [6.07, 6.45) is 7.54. The minimum absolute atomic E-state index is 0.000322. The van der Waals surface area contributed by atoms with Gasteiger partial charge in [0.1, 0.15) is 5.82 Å². The first-order chi connectivity index (χ1) is 19.6. The molecule has 1 atom stereocenters. The van der Waals surface area contributed by atoms with Crippen LogP contribution in [0.4, 0.5) is 5.69 Å². The van der Waals surface area contributed by atoms with Crippen molar-refractivity contribution in [2.45, 2.75) is 84.2 Å². The molecule has 1 N–H and O–H groups in total. The van der Waals surface area contributed by atoms with Crippen LogP contribution in [0.3, 0.4) is 0 Å². The topological polar surface area (TPSA) is 79.6 Å². The molecular weight excluding hydrogens is 510 g/mol. The second-order valence-corrected chi connectivity index (χ2v) is 13.7. The predicted molar refractivity (Wildman–Crippen MR) is 161 cm³/mol. The lowest BCUT2D eigenvalue weighted by Gasteiger charge is -2.38. The lowest BCUT2D eigenvalue weighted by atomic mass is 9.73. The number of carbonyl (C=O) groups excluding carboxylic acids is 2. The SMILES string of the molecule is Cc1cc2c(c3c1CN=C3)Cn1c(CC(C)(C)C)cnc1[C@H](CC(=O)N1CCC3(CC1)C(=O)Nc1ccccc13)C2. The molecule has 7 nitrogen and oxygen atoms in total. The number of carbonyl (C=O) groups is 2. The van der Waals surface area contributed by atoms with Crippen molar-refractivity contribution < 1.29 is 9.59 Å². The van der Waals surface area contributed by atoms with Crippen molar-refractivity contribution in [3.8, 4) is 0 Å². The molecule has 212 valence electrons. The molecule has 1 aromatic heterocycles. The molecular formula is C34H39N5O2. The summed E-state index contributed by atoms with van der Waals surface area (Å²) < 4.78 is 2.39. The fourth-order valence-electron chi connectivity index (χ4n) is 7.61. The van der Waals surface area contributed by atoms with E-state index in [4.69, 9.17) is 4.98 Å². The average molecular weight is 550 g/mol. The summed E-state index contributed by atoms with van der Waals surface area (Å²) in [5, 5.41) is 3.07. The third-order valence-corrected chi connectivity index (χ3v) is 9.72. The number of likely N-dealkylation sites (tertiary alicyclic amines) is 1. The number of anilines is 1. The monoisotopic (exact) mass is 549 g/mol. The molecule has 0 bridgehead atoms. The van der Waals surface area contributed by atoms with Crippen LogP contribution < -0.4 is 5.32 Å². The zero-order chi connectivity index (χ0) is 28.5. The highest BCUT2D eigenvalue weighted by atomic mass is 16.2. The zero-order valence-electron chi connectivity index (χ0n) is 24.6. The van der Waals surface area contributed by atoms with Gasteiger partial charge in [0.15, 0.2) is 0 Å². The normalized spacial score (nSPS) is 20.3. The largest absolute Gasteiger partial charge is 0.343 e. The molecule has 4 aliphatic heterocycles. The number of imidazole rings is 1. The lowest BCUT2D eigenvalue weighted by Crippen LogP contribution is -2.48. The van der Waals surface area contributed by atoms with E-state index in [0.29, 0.717) is 32.4 Å². The van der Waals surface area contributed by atoms with Crippen molar-refractivity contribution in [2.24, 2.45) is 10.4 Å². The fourth-order valence-corrected chi connectivity index (χ4v) is 7.61. The van der Waals surface area contributed by atoms with Gasteiger partial charge in [-0.25, -0.2) is 4.98 Å². The fraction of sp³-hybridized carbons (Fsp3) is 0.471. The van der Waals surface area contributed by atoms with Crippen molar-refractivity contribution in [1.82, 2.24) is 14.5 Å². The number of fused-ring (bicyclic) bond motifs is 6. The summed E-state index contributed by atoms with van der Waals surface area (Å²) in [7, 11) is 0. The highest BCUT2D eigenvalue weighted by Gasteiger charge is 2.49. The summed E-state index contributed by atoms with van der Waals surface area (Å²) in [5.41, 5.74) is 9.37. The quantitative estimate of drug-likeness (QED) is 0.481. The van der Waals surface area contributed by atoms with Gasteiger partial charge in [-0.15, -0.1) is 0 Å². The maximum absolute atomic E-state index is 13.9. The molecule has 0 saturated carbocycles. The van der Waals surface area contributed by atoms with E-state index in [9.17, 15) is 9.59 Å². The van der Waals surface area contributed by atoms with E-state index in [1.807, 2.05) is 35.5 Å². The Kier molecular flexibility index (Phi) is 6.00. The molecule has 1 fully saturated rings. The Morgan fingerprint density at radius 3 is 2.71 bits per heavy atom. The van der Waals surface area contributed by atoms with Gasteiger partial charge in [-0.05, 0) is 71.9 Å². The van der Waals surface area contributed by atoms with Crippen LogP contribution in [0.1, 0.15) is 90.9 Å². The van der Waals surface area contributed by atoms with E-state index in [0.717, 1.165) is 43.0 Å². The zero-order valence-corrected chi connectivity index (χ0v) is 24.6. The lowest BCUT2D eigenvalue weighted by molar-refractivity contribution is -0.135. The number of rotatable bonds is 3. The van der Waals surface area contributed by atoms with Crippen LogP contribution >= 0.6 is 0 Å².